The smallest absolute Gasteiger partial charge is 0.402 e. The number of phosphoric acid groups is 1. The second-order valence-corrected chi connectivity index (χ2v) is 4.14. The van der Waals surface area contributed by atoms with Gasteiger partial charge >= 0.3 is 7.82 Å². The molecule has 0 bridgehead atoms. The maximum absolute atomic E-state index is 12.4. The molecule has 4 nitrogen and oxygen atoms in total. The van der Waals surface area contributed by atoms with Crippen LogP contribution in [0.5, 0.6) is 5.75 Å². The van der Waals surface area contributed by atoms with Crippen LogP contribution < -0.4 is 4.52 Å². The normalized spacial score (nSPS) is 16.5. The quantitative estimate of drug-likeness (QED) is 0.586. The Bertz CT molecular complexity index is 388. The van der Waals surface area contributed by atoms with Crippen LogP contribution in [-0.2, 0) is 13.8 Å². The van der Waals surface area contributed by atoms with Crippen molar-refractivity contribution in [3.63, 3.8) is 0 Å². The molecule has 1 aromatic rings. The second-order valence-electron chi connectivity index (χ2n) is 2.71. The number of para-hydroxylation sites is 1. The van der Waals surface area contributed by atoms with Gasteiger partial charge in [0.05, 0.1) is 0 Å². The average molecular weight is 274 g/mol. The van der Waals surface area contributed by atoms with Gasteiger partial charge < -0.3 is 4.52 Å². The minimum absolute atomic E-state index is 0.185. The summed E-state index contributed by atoms with van der Waals surface area (Å²) in [7, 11) is -5.05. The summed E-state index contributed by atoms with van der Waals surface area (Å²) >= 11 is 0. The first kappa shape index (κ1) is 14.0. The molecule has 0 fully saturated rings. The minimum atomic E-state index is -5.05. The van der Waals surface area contributed by atoms with E-state index in [1.807, 2.05) is 0 Å². The maximum Gasteiger partial charge on any atom is 0.564 e. The van der Waals surface area contributed by atoms with Gasteiger partial charge in [0.1, 0.15) is 5.75 Å². The molecule has 0 aliphatic carbocycles. The fourth-order valence-electron chi connectivity index (χ4n) is 0.832. The van der Waals surface area contributed by atoms with Gasteiger partial charge in [-0.1, -0.05) is 22.9 Å². The fourth-order valence-corrected chi connectivity index (χ4v) is 1.65. The molecule has 0 spiro atoms. The summed E-state index contributed by atoms with van der Waals surface area (Å²) in [5.41, 5.74) is 0. The summed E-state index contributed by atoms with van der Waals surface area (Å²) in [6.07, 6.45) is -6.88. The molecule has 9 heteroatoms. The molecule has 0 aromatic heterocycles. The van der Waals surface area contributed by atoms with E-state index in [1.54, 1.807) is 6.07 Å². The molecule has 0 aliphatic rings. The van der Waals surface area contributed by atoms with Crippen LogP contribution in [0.2, 0.25) is 0 Å². The van der Waals surface area contributed by atoms with Crippen LogP contribution in [0.1, 0.15) is 0 Å². The third-order valence-corrected chi connectivity index (χ3v) is 2.54. The molecule has 1 rings (SSSR count). The lowest BCUT2D eigenvalue weighted by molar-refractivity contribution is -0.112. The van der Waals surface area contributed by atoms with Crippen molar-refractivity contribution in [2.45, 2.75) is 12.8 Å². The third kappa shape index (κ3) is 4.33. The summed E-state index contributed by atoms with van der Waals surface area (Å²) in [5, 5.41) is 0. The molecule has 0 saturated carbocycles. The van der Waals surface area contributed by atoms with E-state index in [2.05, 4.69) is 13.8 Å². The summed E-state index contributed by atoms with van der Waals surface area (Å²) in [5.74, 6) is -0.185. The summed E-state index contributed by atoms with van der Waals surface area (Å²) in [6, 6.07) is 6.87. The molecular weight excluding hydrogens is 267 g/mol. The monoisotopic (exact) mass is 274 g/mol. The van der Waals surface area contributed by atoms with Gasteiger partial charge in [0.2, 0.25) is 0 Å². The average Bonchev–Trinajstić information content (AvgIpc) is 2.30. The lowest BCUT2D eigenvalue weighted by atomic mass is 10.3. The number of alkyl halides is 3. The van der Waals surface area contributed by atoms with Crippen molar-refractivity contribution in [2.24, 2.45) is 0 Å². The zero-order chi connectivity index (χ0) is 12.9. The Morgan fingerprint density at radius 3 is 2.18 bits per heavy atom. The Labute approximate surface area is 93.6 Å². The van der Waals surface area contributed by atoms with Crippen molar-refractivity contribution < 1.29 is 36.0 Å². The van der Waals surface area contributed by atoms with E-state index in [-0.39, 0.29) is 5.75 Å². The molecule has 0 heterocycles. The number of benzene rings is 1. The lowest BCUT2D eigenvalue weighted by Gasteiger charge is -2.15. The molecule has 0 N–H and O–H groups in total. The van der Waals surface area contributed by atoms with Crippen molar-refractivity contribution in [3.8, 4) is 5.75 Å². The zero-order valence-electron chi connectivity index (χ0n) is 8.13. The molecule has 0 aliphatic heterocycles. The lowest BCUT2D eigenvalue weighted by Crippen LogP contribution is -2.16. The van der Waals surface area contributed by atoms with Gasteiger partial charge in [0.25, 0.3) is 12.8 Å². The van der Waals surface area contributed by atoms with Crippen LogP contribution in [0, 0.1) is 0 Å². The van der Waals surface area contributed by atoms with Gasteiger partial charge in [-0.2, -0.15) is 0 Å². The van der Waals surface area contributed by atoms with E-state index >= 15 is 0 Å². The fraction of sp³-hybridized carbons (Fsp3) is 0.250. The van der Waals surface area contributed by atoms with Crippen molar-refractivity contribution in [2.75, 3.05) is 0 Å². The third-order valence-electron chi connectivity index (χ3n) is 1.47. The van der Waals surface area contributed by atoms with E-state index in [4.69, 9.17) is 0 Å². The first-order valence-electron chi connectivity index (χ1n) is 4.22. The summed E-state index contributed by atoms with van der Waals surface area (Å²) in [4.78, 5) is 0. The standard InChI is InChI=1S/C8H7F4O4P/c9-7(10)8(11)15-17(13,16-12)14-6-4-2-1-3-5-6/h1-5,7-8H. The Balaban J connectivity index is 2.73. The Morgan fingerprint density at radius 1 is 1.12 bits per heavy atom. The number of rotatable bonds is 6. The number of hydrogen-bond donors (Lipinski definition) is 0. The highest BCUT2D eigenvalue weighted by molar-refractivity contribution is 7.48. The predicted octanol–water partition coefficient (Wildman–Crippen LogP) is 3.65. The first-order chi connectivity index (χ1) is 7.97. The highest BCUT2D eigenvalue weighted by Gasteiger charge is 2.38. The van der Waals surface area contributed by atoms with E-state index in [0.29, 0.717) is 0 Å². The van der Waals surface area contributed by atoms with Crippen molar-refractivity contribution in [1.82, 2.24) is 0 Å². The molecule has 1 aromatic carbocycles. The molecule has 0 saturated heterocycles. The van der Waals surface area contributed by atoms with Crippen LogP contribution in [0.25, 0.3) is 0 Å². The second kappa shape index (κ2) is 6.00. The van der Waals surface area contributed by atoms with E-state index in [9.17, 15) is 22.3 Å². The van der Waals surface area contributed by atoms with Gasteiger partial charge in [-0.15, -0.1) is 0 Å². The number of hydrogen-bond acceptors (Lipinski definition) is 4. The Kier molecular flexibility index (Phi) is 4.92. The van der Waals surface area contributed by atoms with Gasteiger partial charge in [-0.05, 0) is 16.7 Å². The summed E-state index contributed by atoms with van der Waals surface area (Å²) < 4.78 is 69.9. The van der Waals surface area contributed by atoms with Crippen molar-refractivity contribution in [3.05, 3.63) is 30.3 Å². The topological polar surface area (TPSA) is 44.8 Å². The molecule has 2 unspecified atom stereocenters. The van der Waals surface area contributed by atoms with Gasteiger partial charge in [0, 0.05) is 0 Å². The first-order valence-corrected chi connectivity index (χ1v) is 5.68. The molecule has 17 heavy (non-hydrogen) atoms. The molecule has 96 valence electrons. The SMILES string of the molecule is O=P(OF)(Oc1ccccc1)OC(F)C(F)F. The Morgan fingerprint density at radius 2 is 1.71 bits per heavy atom. The molecule has 0 radical (unpaired) electrons. The van der Waals surface area contributed by atoms with Crippen LogP contribution in [0.15, 0.2) is 30.3 Å². The predicted molar refractivity (Wildman–Crippen MR) is 48.9 cm³/mol. The minimum Gasteiger partial charge on any atom is -0.402 e. The van der Waals surface area contributed by atoms with Gasteiger partial charge in [-0.25, -0.2) is 22.3 Å². The van der Waals surface area contributed by atoms with Crippen LogP contribution in [-0.4, -0.2) is 12.8 Å². The van der Waals surface area contributed by atoms with Crippen LogP contribution in [0.4, 0.5) is 17.7 Å². The van der Waals surface area contributed by atoms with Crippen molar-refractivity contribution in [1.29, 1.82) is 0 Å². The number of halogens is 4. The zero-order valence-corrected chi connectivity index (χ0v) is 9.03. The molecule has 2 atom stereocenters. The van der Waals surface area contributed by atoms with Gasteiger partial charge in [-0.3, -0.25) is 0 Å². The van der Waals surface area contributed by atoms with Crippen molar-refractivity contribution >= 4 is 7.82 Å². The van der Waals surface area contributed by atoms with Gasteiger partial charge in [0.15, 0.2) is 0 Å². The number of phosphoric ester groups is 1. The largest absolute Gasteiger partial charge is 0.564 e. The highest BCUT2D eigenvalue weighted by atomic mass is 31.2. The van der Waals surface area contributed by atoms with Crippen LogP contribution in [0.3, 0.4) is 0 Å². The van der Waals surface area contributed by atoms with E-state index in [1.165, 1.54) is 24.3 Å². The van der Waals surface area contributed by atoms with E-state index in [0.717, 1.165) is 0 Å². The van der Waals surface area contributed by atoms with Crippen LogP contribution >= 0.6 is 7.82 Å². The molecular formula is C8H7F4O4P. The van der Waals surface area contributed by atoms with E-state index < -0.39 is 20.6 Å². The molecule has 0 amide bonds. The maximum atomic E-state index is 12.4. The summed E-state index contributed by atoms with van der Waals surface area (Å²) in [6.45, 7) is 0. The highest BCUT2D eigenvalue weighted by Crippen LogP contribution is 2.51. The Hall–Kier alpha value is -1.11.